The molecular formula is C18H23ClN2O5S. The molecule has 27 heavy (non-hydrogen) atoms. The third-order valence-corrected chi connectivity index (χ3v) is 7.12. The van der Waals surface area contributed by atoms with Crippen molar-refractivity contribution in [3.8, 4) is 0 Å². The average molecular weight is 415 g/mol. The van der Waals surface area contributed by atoms with Gasteiger partial charge in [0.2, 0.25) is 10.0 Å². The molecule has 148 valence electrons. The van der Waals surface area contributed by atoms with Crippen LogP contribution in [0.4, 0.5) is 0 Å². The van der Waals surface area contributed by atoms with E-state index in [1.54, 1.807) is 4.90 Å². The van der Waals surface area contributed by atoms with Crippen LogP contribution >= 0.6 is 11.6 Å². The normalized spacial score (nSPS) is 18.5. The van der Waals surface area contributed by atoms with E-state index < -0.39 is 16.0 Å². The molecule has 0 radical (unpaired) electrons. The highest BCUT2D eigenvalue weighted by Crippen LogP contribution is 2.25. The SMILES string of the molecule is O=C(OCC(=O)N1CCCC1)c1cc(S(=O)(=O)N2CCCCC2)ccc1Cl. The Morgan fingerprint density at radius 3 is 2.30 bits per heavy atom. The van der Waals surface area contributed by atoms with Crippen molar-refractivity contribution < 1.29 is 22.7 Å². The molecule has 1 aromatic carbocycles. The zero-order chi connectivity index (χ0) is 19.4. The smallest absolute Gasteiger partial charge is 0.340 e. The number of amides is 1. The Kier molecular flexibility index (Phi) is 6.39. The number of ether oxygens (including phenoxy) is 1. The van der Waals surface area contributed by atoms with Crippen LogP contribution < -0.4 is 0 Å². The number of likely N-dealkylation sites (tertiary alicyclic amines) is 1. The van der Waals surface area contributed by atoms with Crippen molar-refractivity contribution in [1.82, 2.24) is 9.21 Å². The first-order valence-corrected chi connectivity index (χ1v) is 11.0. The minimum Gasteiger partial charge on any atom is -0.452 e. The van der Waals surface area contributed by atoms with E-state index in [1.807, 2.05) is 0 Å². The van der Waals surface area contributed by atoms with E-state index in [1.165, 1.54) is 22.5 Å². The summed E-state index contributed by atoms with van der Waals surface area (Å²) in [7, 11) is -3.69. The number of carbonyl (C=O) groups is 2. The second-order valence-corrected chi connectivity index (χ2v) is 9.12. The van der Waals surface area contributed by atoms with Crippen molar-refractivity contribution in [2.45, 2.75) is 37.0 Å². The van der Waals surface area contributed by atoms with Crippen LogP contribution in [-0.2, 0) is 19.6 Å². The summed E-state index contributed by atoms with van der Waals surface area (Å²) >= 11 is 6.06. The van der Waals surface area contributed by atoms with Gasteiger partial charge in [-0.2, -0.15) is 4.31 Å². The molecule has 9 heteroatoms. The Morgan fingerprint density at radius 2 is 1.63 bits per heavy atom. The number of piperidine rings is 1. The zero-order valence-electron chi connectivity index (χ0n) is 15.0. The third kappa shape index (κ3) is 4.62. The van der Waals surface area contributed by atoms with Gasteiger partial charge in [0, 0.05) is 26.2 Å². The molecule has 1 amide bonds. The van der Waals surface area contributed by atoms with Gasteiger partial charge in [-0.05, 0) is 43.9 Å². The number of nitrogens with zero attached hydrogens (tertiary/aromatic N) is 2. The Hall–Kier alpha value is -1.64. The summed E-state index contributed by atoms with van der Waals surface area (Å²) in [5, 5.41) is 0.0891. The van der Waals surface area contributed by atoms with Gasteiger partial charge >= 0.3 is 5.97 Å². The van der Waals surface area contributed by atoms with Crippen LogP contribution in [0, 0.1) is 0 Å². The first-order chi connectivity index (χ1) is 12.9. The predicted octanol–water partition coefficient (Wildman–Crippen LogP) is 2.29. The van der Waals surface area contributed by atoms with E-state index in [-0.39, 0.29) is 28.0 Å². The number of hydrogen-bond donors (Lipinski definition) is 0. The molecule has 2 aliphatic heterocycles. The Labute approximate surface area is 164 Å². The number of hydrogen-bond acceptors (Lipinski definition) is 5. The van der Waals surface area contributed by atoms with Crippen LogP contribution in [0.5, 0.6) is 0 Å². The van der Waals surface area contributed by atoms with Gasteiger partial charge in [-0.3, -0.25) is 4.79 Å². The lowest BCUT2D eigenvalue weighted by Crippen LogP contribution is -2.35. The quantitative estimate of drug-likeness (QED) is 0.690. The average Bonchev–Trinajstić information content (AvgIpc) is 3.21. The Balaban J connectivity index is 1.72. The van der Waals surface area contributed by atoms with Crippen LogP contribution in [0.2, 0.25) is 5.02 Å². The van der Waals surface area contributed by atoms with Crippen LogP contribution in [0.15, 0.2) is 23.1 Å². The van der Waals surface area contributed by atoms with Crippen molar-refractivity contribution >= 4 is 33.5 Å². The van der Waals surface area contributed by atoms with Crippen molar-refractivity contribution in [2.24, 2.45) is 0 Å². The molecule has 2 fully saturated rings. The number of rotatable bonds is 5. The molecular weight excluding hydrogens is 392 g/mol. The van der Waals surface area contributed by atoms with Crippen molar-refractivity contribution in [3.05, 3.63) is 28.8 Å². The van der Waals surface area contributed by atoms with E-state index in [9.17, 15) is 18.0 Å². The molecule has 2 saturated heterocycles. The molecule has 0 N–H and O–H groups in total. The highest BCUT2D eigenvalue weighted by atomic mass is 35.5. The maximum absolute atomic E-state index is 12.8. The lowest BCUT2D eigenvalue weighted by Gasteiger charge is -2.26. The van der Waals surface area contributed by atoms with Crippen molar-refractivity contribution in [2.75, 3.05) is 32.8 Å². The predicted molar refractivity (Wildman–Crippen MR) is 100 cm³/mol. The van der Waals surface area contributed by atoms with E-state index in [4.69, 9.17) is 16.3 Å². The molecule has 0 atom stereocenters. The van der Waals surface area contributed by atoms with E-state index in [0.29, 0.717) is 26.2 Å². The summed E-state index contributed by atoms with van der Waals surface area (Å²) in [5.41, 5.74) is -0.0519. The lowest BCUT2D eigenvalue weighted by molar-refractivity contribution is -0.133. The molecule has 0 spiro atoms. The first kappa shape index (κ1) is 20.1. The number of benzene rings is 1. The van der Waals surface area contributed by atoms with Gasteiger partial charge in [0.25, 0.3) is 5.91 Å². The summed E-state index contributed by atoms with van der Waals surface area (Å²) < 4.78 is 32.1. The van der Waals surface area contributed by atoms with Gasteiger partial charge in [0.05, 0.1) is 15.5 Å². The molecule has 2 aliphatic rings. The van der Waals surface area contributed by atoms with Crippen molar-refractivity contribution in [3.63, 3.8) is 0 Å². The monoisotopic (exact) mass is 414 g/mol. The summed E-state index contributed by atoms with van der Waals surface area (Å²) in [5.74, 6) is -1.06. The second kappa shape index (κ2) is 8.58. The molecule has 3 rings (SSSR count). The molecule has 2 heterocycles. The van der Waals surface area contributed by atoms with Gasteiger partial charge in [0.15, 0.2) is 6.61 Å². The lowest BCUT2D eigenvalue weighted by atomic mass is 10.2. The Morgan fingerprint density at radius 1 is 1.00 bits per heavy atom. The van der Waals surface area contributed by atoms with Crippen LogP contribution in [0.1, 0.15) is 42.5 Å². The fourth-order valence-corrected chi connectivity index (χ4v) is 5.08. The molecule has 0 unspecified atom stereocenters. The number of carbonyl (C=O) groups excluding carboxylic acids is 2. The van der Waals surface area contributed by atoms with Crippen LogP contribution in [0.25, 0.3) is 0 Å². The number of halogens is 1. The van der Waals surface area contributed by atoms with Crippen LogP contribution in [0.3, 0.4) is 0 Å². The highest BCUT2D eigenvalue weighted by molar-refractivity contribution is 7.89. The maximum Gasteiger partial charge on any atom is 0.340 e. The second-order valence-electron chi connectivity index (χ2n) is 6.77. The number of sulfonamides is 1. The Bertz CT molecular complexity index is 815. The van der Waals surface area contributed by atoms with Crippen molar-refractivity contribution in [1.29, 1.82) is 0 Å². The molecule has 0 bridgehead atoms. The van der Waals surface area contributed by atoms with Gasteiger partial charge in [0.1, 0.15) is 0 Å². The summed E-state index contributed by atoms with van der Waals surface area (Å²) in [6.45, 7) is 1.89. The van der Waals surface area contributed by atoms with Gasteiger partial charge in [-0.25, -0.2) is 13.2 Å². The molecule has 0 saturated carbocycles. The molecule has 1 aromatic rings. The maximum atomic E-state index is 12.8. The van der Waals surface area contributed by atoms with E-state index in [2.05, 4.69) is 0 Å². The summed E-state index contributed by atoms with van der Waals surface area (Å²) in [6, 6.07) is 3.99. The zero-order valence-corrected chi connectivity index (χ0v) is 16.6. The molecule has 0 aromatic heterocycles. The highest BCUT2D eigenvalue weighted by Gasteiger charge is 2.28. The first-order valence-electron chi connectivity index (χ1n) is 9.14. The standard InChI is InChI=1S/C18H23ClN2O5S/c19-16-7-6-14(27(24,25)21-10-2-1-3-11-21)12-15(16)18(23)26-13-17(22)20-8-4-5-9-20/h6-7,12H,1-5,8-11,13H2. The molecule has 0 aliphatic carbocycles. The van der Waals surface area contributed by atoms with Gasteiger partial charge in [-0.1, -0.05) is 18.0 Å². The summed E-state index contributed by atoms with van der Waals surface area (Å²) in [4.78, 5) is 26.0. The fraction of sp³-hybridized carbons (Fsp3) is 0.556. The minimum absolute atomic E-state index is 0.00613. The summed E-state index contributed by atoms with van der Waals surface area (Å²) in [6.07, 6.45) is 4.54. The van der Waals surface area contributed by atoms with Gasteiger partial charge in [-0.15, -0.1) is 0 Å². The molecule has 7 nitrogen and oxygen atoms in total. The largest absolute Gasteiger partial charge is 0.452 e. The minimum atomic E-state index is -3.69. The fourth-order valence-electron chi connectivity index (χ4n) is 3.34. The van der Waals surface area contributed by atoms with Crippen LogP contribution in [-0.4, -0.2) is 62.3 Å². The number of esters is 1. The van der Waals surface area contributed by atoms with Gasteiger partial charge < -0.3 is 9.64 Å². The van der Waals surface area contributed by atoms with E-state index >= 15 is 0 Å². The van der Waals surface area contributed by atoms with E-state index in [0.717, 1.165) is 32.1 Å². The topological polar surface area (TPSA) is 84.0 Å². The third-order valence-electron chi connectivity index (χ3n) is 4.90.